The minimum absolute atomic E-state index is 0.000371. The van der Waals surface area contributed by atoms with E-state index in [9.17, 15) is 24.0 Å². The van der Waals surface area contributed by atoms with E-state index in [1.165, 1.54) is 48.5 Å². The Morgan fingerprint density at radius 1 is 0.696 bits per heavy atom. The summed E-state index contributed by atoms with van der Waals surface area (Å²) in [4.78, 5) is 63.7. The Bertz CT molecular complexity index is 1800. The van der Waals surface area contributed by atoms with E-state index in [0.717, 1.165) is 0 Å². The van der Waals surface area contributed by atoms with Gasteiger partial charge < -0.3 is 4.74 Å². The second-order valence-corrected chi connectivity index (χ2v) is 14.4. The number of benzene rings is 3. The minimum atomic E-state index is -2.18. The van der Waals surface area contributed by atoms with Gasteiger partial charge in [-0.3, -0.25) is 19.2 Å². The predicted molar refractivity (Wildman–Crippen MR) is 174 cm³/mol. The van der Waals surface area contributed by atoms with Crippen LogP contribution < -0.4 is 4.74 Å². The fourth-order valence-corrected chi connectivity index (χ4v) is 8.92. The lowest BCUT2D eigenvalue weighted by Crippen LogP contribution is -2.56. The van der Waals surface area contributed by atoms with Gasteiger partial charge in [-0.25, -0.2) is 9.80 Å². The number of imide groups is 1. The number of allylic oxidation sites excluding steroid dienone is 2. The zero-order chi connectivity index (χ0) is 33.3. The number of rotatable bonds is 7. The van der Waals surface area contributed by atoms with E-state index in [1.54, 1.807) is 30.3 Å². The minimum Gasteiger partial charge on any atom is -0.423 e. The maximum atomic E-state index is 14.0. The van der Waals surface area contributed by atoms with Gasteiger partial charge in [0.2, 0.25) is 0 Å². The van der Waals surface area contributed by atoms with Crippen molar-refractivity contribution in [1.82, 2.24) is 10.0 Å². The first-order chi connectivity index (χ1) is 21.7. The molecule has 6 rings (SSSR count). The molecule has 3 amide bonds. The second-order valence-electron chi connectivity index (χ2n) is 10.6. The third kappa shape index (κ3) is 4.68. The average molecular weight is 762 g/mol. The lowest BCUT2D eigenvalue weighted by atomic mass is 9.84. The van der Waals surface area contributed by atoms with Crippen molar-refractivity contribution in [3.8, 4) is 5.75 Å². The van der Waals surface area contributed by atoms with Crippen LogP contribution in [0, 0.1) is 11.8 Å². The van der Waals surface area contributed by atoms with Crippen LogP contribution in [0.3, 0.4) is 0 Å². The Morgan fingerprint density at radius 2 is 1.20 bits per heavy atom. The molecule has 2 aliphatic carbocycles. The molecule has 236 valence electrons. The summed E-state index contributed by atoms with van der Waals surface area (Å²) >= 11 is 45.6. The van der Waals surface area contributed by atoms with E-state index >= 15 is 0 Å². The molecule has 1 saturated carbocycles. The van der Waals surface area contributed by atoms with E-state index in [-0.39, 0.29) is 26.9 Å². The number of hydrogen-bond donors (Lipinski definition) is 0. The van der Waals surface area contributed by atoms with Crippen LogP contribution in [0.25, 0.3) is 0 Å². The maximum Gasteiger partial charge on any atom is 0.343 e. The molecule has 0 spiro atoms. The molecular formula is C31H17Cl7N2O6. The number of nitrogens with zero attached hydrogens (tertiary/aromatic N) is 2. The number of carbonyl (C=O) groups is 5. The lowest BCUT2D eigenvalue weighted by molar-refractivity contribution is -0.154. The largest absolute Gasteiger partial charge is 0.423 e. The molecule has 46 heavy (non-hydrogen) atoms. The highest BCUT2D eigenvalue weighted by molar-refractivity contribution is 6.66. The highest BCUT2D eigenvalue weighted by Crippen LogP contribution is 2.77. The molecular weight excluding hydrogens is 745 g/mol. The molecule has 8 nitrogen and oxygen atoms in total. The summed E-state index contributed by atoms with van der Waals surface area (Å²) in [6, 6.07) is 19.4. The highest BCUT2D eigenvalue weighted by atomic mass is 35.5. The van der Waals surface area contributed by atoms with Crippen LogP contribution >= 0.6 is 81.2 Å². The Hall–Kier alpha value is -2.82. The number of ketones is 1. The van der Waals surface area contributed by atoms with Crippen LogP contribution in [0.1, 0.15) is 31.1 Å². The number of halogens is 7. The van der Waals surface area contributed by atoms with Crippen molar-refractivity contribution in [2.45, 2.75) is 14.1 Å². The molecule has 4 atom stereocenters. The molecule has 2 bridgehead atoms. The molecule has 0 unspecified atom stereocenters. The first-order valence-electron chi connectivity index (χ1n) is 13.3. The lowest BCUT2D eigenvalue weighted by Gasteiger charge is -2.36. The molecule has 2 fully saturated rings. The molecule has 1 saturated heterocycles. The van der Waals surface area contributed by atoms with E-state index in [1.807, 2.05) is 0 Å². The number of carbonyl (C=O) groups excluding carboxylic acids is 5. The fourth-order valence-electron chi connectivity index (χ4n) is 5.87. The molecule has 3 aliphatic rings. The smallest absolute Gasteiger partial charge is 0.343 e. The molecule has 0 N–H and O–H groups in total. The standard InChI is InChI=1S/C31H17Cl7N2O6/c32-18-10-6-16(7-11-18)25(42)39(14-20(41)15-8-12-19(13-9-15)46-28(45)17-4-2-1-3-5-17)40-26(43)21-22(27(40)44)30(36)24(34)23(33)29(21,35)31(30,37)38/h1-13,21-22H,14H2/t21-,22-,29+,30+/m0/s1. The van der Waals surface area contributed by atoms with Crippen LogP contribution in [-0.2, 0) is 9.59 Å². The molecule has 1 heterocycles. The molecule has 0 radical (unpaired) electrons. The van der Waals surface area contributed by atoms with Crippen LogP contribution in [-0.4, -0.2) is 60.1 Å². The Balaban J connectivity index is 1.32. The Morgan fingerprint density at radius 3 is 1.72 bits per heavy atom. The Kier molecular flexibility index (Phi) is 8.42. The summed E-state index contributed by atoms with van der Waals surface area (Å²) in [6.45, 7) is -0.784. The van der Waals surface area contributed by atoms with Crippen LogP contribution in [0.15, 0.2) is 88.9 Å². The van der Waals surface area contributed by atoms with Crippen LogP contribution in [0.2, 0.25) is 5.02 Å². The molecule has 1 aliphatic heterocycles. The highest BCUT2D eigenvalue weighted by Gasteiger charge is 2.88. The van der Waals surface area contributed by atoms with Gasteiger partial charge in [-0.1, -0.05) is 76.2 Å². The predicted octanol–water partition coefficient (Wildman–Crippen LogP) is 7.25. The number of Topliss-reactive ketones (excluding diaryl/α,β-unsaturated/α-hetero) is 1. The van der Waals surface area contributed by atoms with E-state index in [0.29, 0.717) is 20.6 Å². The van der Waals surface area contributed by atoms with Gasteiger partial charge in [-0.2, -0.15) is 5.01 Å². The summed E-state index contributed by atoms with van der Waals surface area (Å²) < 4.78 is 3.17. The number of esters is 1. The maximum absolute atomic E-state index is 14.0. The van der Waals surface area contributed by atoms with E-state index in [2.05, 4.69) is 0 Å². The summed E-state index contributed by atoms with van der Waals surface area (Å²) in [7, 11) is 0. The number of alkyl halides is 4. The SMILES string of the molecule is O=C(CN(C(=O)c1ccc(Cl)cc1)N1C(=O)[C@@H]2[C@@H](C1=O)[C@@]1(Cl)C(Cl)=C(Cl)[C@@]2(Cl)C1(Cl)Cl)c1ccc(OC(=O)c2ccccc2)cc1. The average Bonchev–Trinajstić information content (AvgIpc) is 3.43. The van der Waals surface area contributed by atoms with Crippen LogP contribution in [0.5, 0.6) is 5.75 Å². The van der Waals surface area contributed by atoms with Gasteiger partial charge in [0.15, 0.2) is 10.1 Å². The number of ether oxygens (including phenoxy) is 1. The summed E-state index contributed by atoms with van der Waals surface area (Å²) in [5, 5.41) is 0.899. The first-order valence-corrected chi connectivity index (χ1v) is 16.0. The van der Waals surface area contributed by atoms with Crippen molar-refractivity contribution in [3.63, 3.8) is 0 Å². The number of hydrogen-bond acceptors (Lipinski definition) is 6. The third-order valence-corrected chi connectivity index (χ3v) is 12.7. The van der Waals surface area contributed by atoms with Gasteiger partial charge in [0.05, 0.1) is 27.5 Å². The van der Waals surface area contributed by atoms with Crippen LogP contribution in [0.4, 0.5) is 0 Å². The van der Waals surface area contributed by atoms with Crippen molar-refractivity contribution < 1.29 is 28.7 Å². The van der Waals surface area contributed by atoms with E-state index in [4.69, 9.17) is 85.9 Å². The van der Waals surface area contributed by atoms with Crippen molar-refractivity contribution in [2.24, 2.45) is 11.8 Å². The number of fused-ring (bicyclic) bond motifs is 5. The number of amides is 3. The van der Waals surface area contributed by atoms with Crippen molar-refractivity contribution in [3.05, 3.63) is 111 Å². The zero-order valence-corrected chi connectivity index (χ0v) is 28.1. The molecule has 3 aromatic rings. The molecule has 3 aromatic carbocycles. The van der Waals surface area contributed by atoms with Gasteiger partial charge in [0.1, 0.15) is 22.0 Å². The summed E-state index contributed by atoms with van der Waals surface area (Å²) in [6.07, 6.45) is 0. The summed E-state index contributed by atoms with van der Waals surface area (Å²) in [5.41, 5.74) is 0.400. The normalized spacial score (nSPS) is 25.9. The number of hydrazine groups is 1. The molecule has 0 aromatic heterocycles. The van der Waals surface area contributed by atoms with Gasteiger partial charge >= 0.3 is 5.97 Å². The monoisotopic (exact) mass is 758 g/mol. The van der Waals surface area contributed by atoms with Gasteiger partial charge in [0.25, 0.3) is 17.7 Å². The fraction of sp³-hybridized carbons (Fsp3) is 0.194. The van der Waals surface area contributed by atoms with Crippen molar-refractivity contribution in [1.29, 1.82) is 0 Å². The molecule has 15 heteroatoms. The zero-order valence-electron chi connectivity index (χ0n) is 22.9. The van der Waals surface area contributed by atoms with E-state index < -0.39 is 61.9 Å². The van der Waals surface area contributed by atoms with Crippen molar-refractivity contribution in [2.75, 3.05) is 6.54 Å². The van der Waals surface area contributed by atoms with Gasteiger partial charge in [-0.05, 0) is 60.7 Å². The van der Waals surface area contributed by atoms with Crippen molar-refractivity contribution >= 4 is 111 Å². The summed E-state index contributed by atoms with van der Waals surface area (Å²) in [5.74, 6) is -7.11. The second kappa shape index (κ2) is 11.7. The third-order valence-electron chi connectivity index (χ3n) is 8.14. The quantitative estimate of drug-likeness (QED) is 0.0828. The van der Waals surface area contributed by atoms with Gasteiger partial charge in [-0.15, -0.1) is 23.2 Å². The van der Waals surface area contributed by atoms with Gasteiger partial charge in [0, 0.05) is 16.1 Å². The topological polar surface area (TPSA) is 101 Å². The Labute approximate surface area is 296 Å². The first kappa shape index (κ1) is 33.1.